The highest BCUT2D eigenvalue weighted by Crippen LogP contribution is 2.44. The van der Waals surface area contributed by atoms with E-state index >= 15 is 0 Å². The van der Waals surface area contributed by atoms with Crippen LogP contribution in [0.15, 0.2) is 24.3 Å². The van der Waals surface area contributed by atoms with E-state index in [2.05, 4.69) is 63.1 Å². The quantitative estimate of drug-likeness (QED) is 0.737. The Labute approximate surface area is 177 Å². The second-order valence-corrected chi connectivity index (χ2v) is 9.73. The maximum atomic E-state index is 12.9. The van der Waals surface area contributed by atoms with Gasteiger partial charge in [-0.05, 0) is 77.8 Å². The van der Waals surface area contributed by atoms with Gasteiger partial charge >= 0.3 is 0 Å². The van der Waals surface area contributed by atoms with Crippen molar-refractivity contribution >= 4 is 27.9 Å². The Kier molecular flexibility index (Phi) is 5.75. The number of carbonyl (C=O) groups excluding carboxylic acids is 1. The molecule has 1 aliphatic heterocycles. The fourth-order valence-electron chi connectivity index (χ4n) is 4.32. The van der Waals surface area contributed by atoms with E-state index in [4.69, 9.17) is 0 Å². The Morgan fingerprint density at radius 2 is 1.83 bits per heavy atom. The molecule has 0 spiro atoms. The van der Waals surface area contributed by atoms with Gasteiger partial charge in [-0.3, -0.25) is 4.79 Å². The number of rotatable bonds is 5. The number of nitriles is 1. The van der Waals surface area contributed by atoms with E-state index in [1.807, 2.05) is 24.3 Å². The molecule has 1 aromatic carbocycles. The van der Waals surface area contributed by atoms with Gasteiger partial charge in [-0.15, -0.1) is 11.3 Å². The Morgan fingerprint density at radius 3 is 2.38 bits per heavy atom. The van der Waals surface area contributed by atoms with Crippen LogP contribution in [0.5, 0.6) is 0 Å². The number of fused-ring (bicyclic) bond motifs is 1. The van der Waals surface area contributed by atoms with E-state index in [1.165, 1.54) is 11.3 Å². The predicted octanol–water partition coefficient (Wildman–Crippen LogP) is 4.88. The first kappa shape index (κ1) is 21.4. The molecular weight excluding hydrogens is 380 g/mol. The molecule has 1 aromatic heterocycles. The molecule has 0 bridgehead atoms. The van der Waals surface area contributed by atoms with Crippen molar-refractivity contribution in [3.63, 3.8) is 0 Å². The fourth-order valence-corrected chi connectivity index (χ4v) is 5.54. The third-order valence-electron chi connectivity index (χ3n) is 5.44. The van der Waals surface area contributed by atoms with Crippen LogP contribution < -0.4 is 15.5 Å². The third-order valence-corrected chi connectivity index (χ3v) is 6.91. The summed E-state index contributed by atoms with van der Waals surface area (Å²) in [6.45, 7) is 14.6. The molecule has 0 saturated heterocycles. The first-order valence-electron chi connectivity index (χ1n) is 10.1. The summed E-state index contributed by atoms with van der Waals surface area (Å²) < 4.78 is 0. The topological polar surface area (TPSA) is 68.2 Å². The average molecular weight is 411 g/mol. The second kappa shape index (κ2) is 7.81. The summed E-state index contributed by atoms with van der Waals surface area (Å²) in [6.07, 6.45) is 0.763. The Morgan fingerprint density at radius 1 is 1.21 bits per heavy atom. The van der Waals surface area contributed by atoms with E-state index < -0.39 is 0 Å². The fraction of sp³-hybridized carbons (Fsp3) is 0.478. The first-order chi connectivity index (χ1) is 13.6. The molecule has 2 aromatic rings. The standard InChI is InChI=1S/C23H30N4OS/c1-7-27(8-2)16-11-9-15(10-12-16)20(28)25-21-18(14-24)17-13-22(3,4)26-23(5,6)19(17)29-21/h9-12,26H,7-8,13H2,1-6H3,(H,25,28). The van der Waals surface area contributed by atoms with E-state index in [-0.39, 0.29) is 17.0 Å². The van der Waals surface area contributed by atoms with Gasteiger partial charge in [-0.25, -0.2) is 0 Å². The van der Waals surface area contributed by atoms with Crippen LogP contribution in [0.1, 0.15) is 67.9 Å². The number of thiophene rings is 1. The van der Waals surface area contributed by atoms with Crippen molar-refractivity contribution in [2.24, 2.45) is 0 Å². The van der Waals surface area contributed by atoms with Crippen LogP contribution in [0, 0.1) is 11.3 Å². The summed E-state index contributed by atoms with van der Waals surface area (Å²) in [5, 5.41) is 17.1. The van der Waals surface area contributed by atoms with E-state index in [0.29, 0.717) is 16.1 Å². The molecule has 6 heteroatoms. The van der Waals surface area contributed by atoms with Gasteiger partial charge < -0.3 is 15.5 Å². The predicted molar refractivity (Wildman–Crippen MR) is 121 cm³/mol. The zero-order valence-electron chi connectivity index (χ0n) is 18.1. The highest BCUT2D eigenvalue weighted by Gasteiger charge is 2.40. The third kappa shape index (κ3) is 4.17. The number of amides is 1. The van der Waals surface area contributed by atoms with Crippen molar-refractivity contribution in [2.75, 3.05) is 23.3 Å². The Hall–Kier alpha value is -2.36. The lowest BCUT2D eigenvalue weighted by atomic mass is 9.81. The normalized spacial score (nSPS) is 16.6. The number of nitrogens with zero attached hydrogens (tertiary/aromatic N) is 2. The molecule has 29 heavy (non-hydrogen) atoms. The number of anilines is 2. The first-order valence-corrected chi connectivity index (χ1v) is 11.0. The SMILES string of the molecule is CCN(CC)c1ccc(C(=O)Nc2sc3c(c2C#N)CC(C)(C)NC3(C)C)cc1. The number of hydrogen-bond acceptors (Lipinski definition) is 5. The van der Waals surface area contributed by atoms with Gasteiger partial charge in [0.25, 0.3) is 5.91 Å². The highest BCUT2D eigenvalue weighted by atomic mass is 32.1. The van der Waals surface area contributed by atoms with E-state index in [1.54, 1.807) is 0 Å². The van der Waals surface area contributed by atoms with Gasteiger partial charge in [0.1, 0.15) is 11.1 Å². The molecule has 0 radical (unpaired) electrons. The zero-order chi connectivity index (χ0) is 21.4. The van der Waals surface area contributed by atoms with Crippen molar-refractivity contribution in [2.45, 2.75) is 59.0 Å². The Bertz CT molecular complexity index is 946. The second-order valence-electron chi connectivity index (χ2n) is 8.71. The van der Waals surface area contributed by atoms with Crippen LogP contribution in [0.2, 0.25) is 0 Å². The summed E-state index contributed by atoms with van der Waals surface area (Å²) in [7, 11) is 0. The van der Waals surface area contributed by atoms with Gasteiger partial charge in [0.2, 0.25) is 0 Å². The maximum Gasteiger partial charge on any atom is 0.256 e. The minimum absolute atomic E-state index is 0.106. The molecule has 1 amide bonds. The van der Waals surface area contributed by atoms with Gasteiger partial charge in [0.15, 0.2) is 0 Å². The summed E-state index contributed by atoms with van der Waals surface area (Å²) in [4.78, 5) is 16.2. The van der Waals surface area contributed by atoms with Gasteiger partial charge in [0, 0.05) is 40.3 Å². The van der Waals surface area contributed by atoms with Crippen molar-refractivity contribution in [3.05, 3.63) is 45.8 Å². The molecule has 0 unspecified atom stereocenters. The van der Waals surface area contributed by atoms with Gasteiger partial charge in [0.05, 0.1) is 5.56 Å². The van der Waals surface area contributed by atoms with Crippen molar-refractivity contribution < 1.29 is 4.79 Å². The molecule has 2 heterocycles. The number of nitrogens with one attached hydrogen (secondary N) is 2. The smallest absolute Gasteiger partial charge is 0.256 e. The summed E-state index contributed by atoms with van der Waals surface area (Å²) in [6, 6.07) is 9.97. The lowest BCUT2D eigenvalue weighted by Gasteiger charge is -2.42. The monoisotopic (exact) mass is 410 g/mol. The Balaban J connectivity index is 1.89. The molecule has 0 aliphatic carbocycles. The van der Waals surface area contributed by atoms with Crippen molar-refractivity contribution in [3.8, 4) is 6.07 Å². The van der Waals surface area contributed by atoms with Crippen molar-refractivity contribution in [1.29, 1.82) is 5.26 Å². The molecule has 0 atom stereocenters. The van der Waals surface area contributed by atoms with E-state index in [9.17, 15) is 10.1 Å². The van der Waals surface area contributed by atoms with Crippen LogP contribution in [-0.2, 0) is 12.0 Å². The number of hydrogen-bond donors (Lipinski definition) is 2. The molecule has 1 aliphatic rings. The minimum Gasteiger partial charge on any atom is -0.372 e. The maximum absolute atomic E-state index is 12.9. The molecule has 0 saturated carbocycles. The van der Waals surface area contributed by atoms with E-state index in [0.717, 1.165) is 35.6 Å². The van der Waals surface area contributed by atoms with Crippen LogP contribution in [-0.4, -0.2) is 24.5 Å². The molecule has 2 N–H and O–H groups in total. The molecule has 0 fully saturated rings. The van der Waals surface area contributed by atoms with Gasteiger partial charge in [-0.2, -0.15) is 5.26 Å². The molecule has 5 nitrogen and oxygen atoms in total. The van der Waals surface area contributed by atoms with Crippen LogP contribution >= 0.6 is 11.3 Å². The van der Waals surface area contributed by atoms with Gasteiger partial charge in [-0.1, -0.05) is 0 Å². The molecule has 3 rings (SSSR count). The number of benzene rings is 1. The molecule has 154 valence electrons. The molecular formula is C23H30N4OS. The highest BCUT2D eigenvalue weighted by molar-refractivity contribution is 7.17. The average Bonchev–Trinajstić information content (AvgIpc) is 2.99. The minimum atomic E-state index is -0.248. The van der Waals surface area contributed by atoms with Crippen LogP contribution in [0.4, 0.5) is 10.7 Å². The summed E-state index contributed by atoms with van der Waals surface area (Å²) >= 11 is 1.51. The zero-order valence-corrected chi connectivity index (χ0v) is 19.0. The summed E-state index contributed by atoms with van der Waals surface area (Å²) in [5.74, 6) is -0.184. The van der Waals surface area contributed by atoms with Crippen LogP contribution in [0.3, 0.4) is 0 Å². The van der Waals surface area contributed by atoms with Crippen LogP contribution in [0.25, 0.3) is 0 Å². The lowest BCUT2D eigenvalue weighted by molar-refractivity contribution is 0.102. The van der Waals surface area contributed by atoms with Crippen molar-refractivity contribution in [1.82, 2.24) is 5.32 Å². The largest absolute Gasteiger partial charge is 0.372 e. The summed E-state index contributed by atoms with van der Waals surface area (Å²) in [5.41, 5.74) is 2.99. The lowest BCUT2D eigenvalue weighted by Crippen LogP contribution is -2.54. The number of carbonyl (C=O) groups is 1.